The van der Waals surface area contributed by atoms with Crippen molar-refractivity contribution in [1.29, 1.82) is 0 Å². The van der Waals surface area contributed by atoms with E-state index < -0.39 is 0 Å². The van der Waals surface area contributed by atoms with E-state index in [9.17, 15) is 9.50 Å². The van der Waals surface area contributed by atoms with Gasteiger partial charge in [0.15, 0.2) is 0 Å². The molecule has 0 spiro atoms. The highest BCUT2D eigenvalue weighted by atomic mass is 19.1. The summed E-state index contributed by atoms with van der Waals surface area (Å²) < 4.78 is 13.8. The van der Waals surface area contributed by atoms with Crippen LogP contribution in [-0.4, -0.2) is 23.3 Å². The largest absolute Gasteiger partial charge is 0.393 e. The summed E-state index contributed by atoms with van der Waals surface area (Å²) in [6.45, 7) is 0.223. The molecular formula is C14H19FN2O. The van der Waals surface area contributed by atoms with Crippen LogP contribution in [0, 0.1) is 5.82 Å². The highest BCUT2D eigenvalue weighted by molar-refractivity contribution is 5.57. The number of piperidine rings is 1. The van der Waals surface area contributed by atoms with Gasteiger partial charge in [0, 0.05) is 29.9 Å². The summed E-state index contributed by atoms with van der Waals surface area (Å²) in [7, 11) is 0. The van der Waals surface area contributed by atoms with Gasteiger partial charge in [0.1, 0.15) is 5.82 Å². The van der Waals surface area contributed by atoms with Crippen molar-refractivity contribution in [3.63, 3.8) is 0 Å². The first-order valence-corrected chi connectivity index (χ1v) is 6.64. The number of nitrogens with two attached hydrogens (primary N) is 1. The molecule has 2 bridgehead atoms. The molecule has 2 saturated heterocycles. The molecule has 1 aromatic carbocycles. The van der Waals surface area contributed by atoms with Crippen LogP contribution < -0.4 is 10.6 Å². The van der Waals surface area contributed by atoms with Gasteiger partial charge in [-0.25, -0.2) is 4.39 Å². The number of rotatable bonds is 2. The summed E-state index contributed by atoms with van der Waals surface area (Å²) >= 11 is 0. The van der Waals surface area contributed by atoms with Crippen LogP contribution in [0.2, 0.25) is 0 Å². The van der Waals surface area contributed by atoms with Gasteiger partial charge in [-0.1, -0.05) is 6.07 Å². The molecule has 2 aliphatic rings. The summed E-state index contributed by atoms with van der Waals surface area (Å²) in [6, 6.07) is 5.84. The normalized spacial score (nSPS) is 30.8. The minimum absolute atomic E-state index is 0.200. The Bertz CT molecular complexity index is 437. The molecule has 2 aliphatic heterocycles. The molecule has 2 atom stereocenters. The zero-order chi connectivity index (χ0) is 12.7. The van der Waals surface area contributed by atoms with Gasteiger partial charge in [0.05, 0.1) is 6.10 Å². The van der Waals surface area contributed by atoms with Gasteiger partial charge < -0.3 is 15.7 Å². The maximum absolute atomic E-state index is 13.8. The smallest absolute Gasteiger partial charge is 0.129 e. The maximum atomic E-state index is 13.8. The average molecular weight is 250 g/mol. The van der Waals surface area contributed by atoms with Gasteiger partial charge >= 0.3 is 0 Å². The molecule has 3 nitrogen and oxygen atoms in total. The van der Waals surface area contributed by atoms with Crippen molar-refractivity contribution in [2.24, 2.45) is 5.73 Å². The van der Waals surface area contributed by atoms with Crippen molar-refractivity contribution in [2.45, 2.75) is 50.4 Å². The molecule has 0 radical (unpaired) electrons. The Balaban J connectivity index is 1.99. The molecule has 2 heterocycles. The third-order valence-electron chi connectivity index (χ3n) is 4.28. The number of fused-ring (bicyclic) bond motifs is 2. The number of nitrogens with zero attached hydrogens (tertiary/aromatic N) is 1. The van der Waals surface area contributed by atoms with Gasteiger partial charge in [-0.15, -0.1) is 0 Å². The molecule has 0 saturated carbocycles. The zero-order valence-corrected chi connectivity index (χ0v) is 10.3. The molecule has 3 N–H and O–H groups in total. The molecule has 3 rings (SSSR count). The van der Waals surface area contributed by atoms with E-state index in [4.69, 9.17) is 5.73 Å². The van der Waals surface area contributed by atoms with Crippen LogP contribution in [0.4, 0.5) is 10.1 Å². The fourth-order valence-electron chi connectivity index (χ4n) is 3.53. The molecule has 0 aliphatic carbocycles. The standard InChI is InChI=1S/C14H19FN2O/c15-13-2-1-3-14(12(13)8-16)17-9-4-5-10(17)7-11(18)6-9/h1-3,9-11,18H,4-8,16H2. The van der Waals surface area contributed by atoms with Crippen LogP contribution >= 0.6 is 0 Å². The average Bonchev–Trinajstić information content (AvgIpc) is 2.61. The maximum Gasteiger partial charge on any atom is 0.129 e. The van der Waals surface area contributed by atoms with E-state index in [1.807, 2.05) is 6.07 Å². The molecule has 2 fully saturated rings. The number of aliphatic hydroxyl groups excluding tert-OH is 1. The number of hydrogen-bond acceptors (Lipinski definition) is 3. The predicted molar refractivity (Wildman–Crippen MR) is 68.8 cm³/mol. The Morgan fingerprint density at radius 3 is 2.56 bits per heavy atom. The first kappa shape index (κ1) is 11.9. The lowest BCUT2D eigenvalue weighted by Gasteiger charge is -2.40. The van der Waals surface area contributed by atoms with Gasteiger partial charge in [-0.2, -0.15) is 0 Å². The number of benzene rings is 1. The quantitative estimate of drug-likeness (QED) is 0.841. The molecule has 18 heavy (non-hydrogen) atoms. The monoisotopic (exact) mass is 250 g/mol. The molecule has 0 amide bonds. The van der Waals surface area contributed by atoms with Crippen molar-refractivity contribution in [1.82, 2.24) is 0 Å². The van der Waals surface area contributed by atoms with Gasteiger partial charge in [0.25, 0.3) is 0 Å². The fourth-order valence-corrected chi connectivity index (χ4v) is 3.53. The number of hydrogen-bond donors (Lipinski definition) is 2. The summed E-state index contributed by atoms with van der Waals surface area (Å²) in [6.07, 6.45) is 3.55. The van der Waals surface area contributed by atoms with Gasteiger partial charge in [-0.3, -0.25) is 0 Å². The second kappa shape index (κ2) is 4.52. The van der Waals surface area contributed by atoms with E-state index in [0.29, 0.717) is 17.6 Å². The van der Waals surface area contributed by atoms with Crippen molar-refractivity contribution >= 4 is 5.69 Å². The molecule has 98 valence electrons. The highest BCUT2D eigenvalue weighted by Gasteiger charge is 2.40. The van der Waals surface area contributed by atoms with E-state index >= 15 is 0 Å². The minimum atomic E-state index is -0.222. The number of aliphatic hydroxyl groups is 1. The van der Waals surface area contributed by atoms with Crippen molar-refractivity contribution in [2.75, 3.05) is 4.90 Å². The Morgan fingerprint density at radius 2 is 1.94 bits per heavy atom. The SMILES string of the molecule is NCc1c(F)cccc1N1C2CCC1CC(O)C2. The second-order valence-corrected chi connectivity index (χ2v) is 5.36. The van der Waals surface area contributed by atoms with Crippen LogP contribution in [0.15, 0.2) is 18.2 Å². The van der Waals surface area contributed by atoms with Gasteiger partial charge in [-0.05, 0) is 37.8 Å². The third kappa shape index (κ3) is 1.80. The lowest BCUT2D eigenvalue weighted by atomic mass is 9.97. The number of anilines is 1. The zero-order valence-electron chi connectivity index (χ0n) is 10.3. The van der Waals surface area contributed by atoms with E-state index in [-0.39, 0.29) is 18.5 Å². The van der Waals surface area contributed by atoms with Crippen LogP contribution in [-0.2, 0) is 6.54 Å². The van der Waals surface area contributed by atoms with Crippen LogP contribution in [0.1, 0.15) is 31.2 Å². The Kier molecular flexibility index (Phi) is 2.99. The van der Waals surface area contributed by atoms with E-state index in [1.54, 1.807) is 6.07 Å². The first-order valence-electron chi connectivity index (χ1n) is 6.64. The van der Waals surface area contributed by atoms with Crippen molar-refractivity contribution in [3.8, 4) is 0 Å². The molecule has 4 heteroatoms. The molecular weight excluding hydrogens is 231 g/mol. The first-order chi connectivity index (χ1) is 8.70. The minimum Gasteiger partial charge on any atom is -0.393 e. The second-order valence-electron chi connectivity index (χ2n) is 5.36. The van der Waals surface area contributed by atoms with Crippen LogP contribution in [0.3, 0.4) is 0 Å². The summed E-state index contributed by atoms with van der Waals surface area (Å²) in [5.41, 5.74) is 7.21. The summed E-state index contributed by atoms with van der Waals surface area (Å²) in [5, 5.41) is 9.81. The Morgan fingerprint density at radius 1 is 1.28 bits per heavy atom. The molecule has 2 unspecified atom stereocenters. The van der Waals surface area contributed by atoms with Crippen LogP contribution in [0.25, 0.3) is 0 Å². The topological polar surface area (TPSA) is 49.5 Å². The van der Waals surface area contributed by atoms with E-state index in [2.05, 4.69) is 4.90 Å². The summed E-state index contributed by atoms with van der Waals surface area (Å²) in [4.78, 5) is 2.29. The van der Waals surface area contributed by atoms with E-state index in [1.165, 1.54) is 6.07 Å². The van der Waals surface area contributed by atoms with Gasteiger partial charge in [0.2, 0.25) is 0 Å². The predicted octanol–water partition coefficient (Wildman–Crippen LogP) is 1.78. The van der Waals surface area contributed by atoms with Crippen molar-refractivity contribution in [3.05, 3.63) is 29.6 Å². The third-order valence-corrected chi connectivity index (χ3v) is 4.28. The number of halogens is 1. The van der Waals surface area contributed by atoms with E-state index in [0.717, 1.165) is 31.4 Å². The fraction of sp³-hybridized carbons (Fsp3) is 0.571. The lowest BCUT2D eigenvalue weighted by molar-refractivity contribution is 0.126. The highest BCUT2D eigenvalue weighted by Crippen LogP contribution is 2.40. The van der Waals surface area contributed by atoms with Crippen LogP contribution in [0.5, 0.6) is 0 Å². The Hall–Kier alpha value is -1.13. The summed E-state index contributed by atoms with van der Waals surface area (Å²) in [5.74, 6) is -0.222. The molecule has 1 aromatic rings. The molecule has 0 aromatic heterocycles. The lowest BCUT2D eigenvalue weighted by Crippen LogP contribution is -2.45. The van der Waals surface area contributed by atoms with Crippen molar-refractivity contribution < 1.29 is 9.50 Å². The Labute approximate surface area is 106 Å².